The molecule has 0 atom stereocenters. The summed E-state index contributed by atoms with van der Waals surface area (Å²) in [6.07, 6.45) is 0.754. The molecule has 0 unspecified atom stereocenters. The van der Waals surface area contributed by atoms with Crippen molar-refractivity contribution in [1.82, 2.24) is 5.32 Å². The highest BCUT2D eigenvalue weighted by Crippen LogP contribution is 2.25. The SMILES string of the molecule is CC(C)(C)c1cccc(CC2(O)CNC2)c1. The molecule has 16 heavy (non-hydrogen) atoms. The van der Waals surface area contributed by atoms with Crippen molar-refractivity contribution < 1.29 is 5.11 Å². The quantitative estimate of drug-likeness (QED) is 0.796. The van der Waals surface area contributed by atoms with Crippen molar-refractivity contribution in [1.29, 1.82) is 0 Å². The molecule has 1 heterocycles. The Hall–Kier alpha value is -0.860. The maximum atomic E-state index is 10.1. The van der Waals surface area contributed by atoms with Gasteiger partial charge in [0, 0.05) is 19.5 Å². The average Bonchev–Trinajstić information content (AvgIpc) is 2.14. The Kier molecular flexibility index (Phi) is 2.81. The first kappa shape index (κ1) is 11.6. The minimum atomic E-state index is -0.517. The molecule has 1 aromatic carbocycles. The van der Waals surface area contributed by atoms with Crippen LogP contribution < -0.4 is 5.32 Å². The normalized spacial score (nSPS) is 19.2. The van der Waals surface area contributed by atoms with E-state index < -0.39 is 5.60 Å². The molecule has 0 aliphatic carbocycles. The molecule has 88 valence electrons. The molecular weight excluding hydrogens is 198 g/mol. The zero-order valence-electron chi connectivity index (χ0n) is 10.4. The molecule has 0 amide bonds. The van der Waals surface area contributed by atoms with Gasteiger partial charge in [-0.2, -0.15) is 0 Å². The zero-order valence-corrected chi connectivity index (χ0v) is 10.4. The Morgan fingerprint density at radius 3 is 2.50 bits per heavy atom. The van der Waals surface area contributed by atoms with Gasteiger partial charge in [-0.25, -0.2) is 0 Å². The van der Waals surface area contributed by atoms with Crippen molar-refractivity contribution in [3.63, 3.8) is 0 Å². The molecule has 0 radical (unpaired) electrons. The van der Waals surface area contributed by atoms with Gasteiger partial charge >= 0.3 is 0 Å². The van der Waals surface area contributed by atoms with Crippen LogP contribution >= 0.6 is 0 Å². The van der Waals surface area contributed by atoms with Crippen LogP contribution in [0.5, 0.6) is 0 Å². The fraction of sp³-hybridized carbons (Fsp3) is 0.571. The van der Waals surface area contributed by atoms with Gasteiger partial charge in [0.1, 0.15) is 0 Å². The minimum Gasteiger partial charge on any atom is -0.387 e. The molecule has 1 saturated heterocycles. The first-order valence-electron chi connectivity index (χ1n) is 5.92. The number of rotatable bonds is 2. The van der Waals surface area contributed by atoms with E-state index in [9.17, 15) is 5.11 Å². The third kappa shape index (κ3) is 2.45. The van der Waals surface area contributed by atoms with Gasteiger partial charge < -0.3 is 10.4 Å². The molecule has 0 saturated carbocycles. The molecule has 2 N–H and O–H groups in total. The zero-order chi connectivity index (χ0) is 11.8. The predicted molar refractivity (Wildman–Crippen MR) is 66.7 cm³/mol. The lowest BCUT2D eigenvalue weighted by atomic mass is 9.83. The van der Waals surface area contributed by atoms with E-state index in [1.54, 1.807) is 0 Å². The second kappa shape index (κ2) is 3.86. The number of benzene rings is 1. The molecule has 0 spiro atoms. The Morgan fingerprint density at radius 1 is 1.31 bits per heavy atom. The Labute approximate surface area is 97.7 Å². The van der Waals surface area contributed by atoms with E-state index in [1.807, 2.05) is 0 Å². The second-order valence-electron chi connectivity index (χ2n) is 5.96. The summed E-state index contributed by atoms with van der Waals surface area (Å²) in [5.41, 5.74) is 2.23. The van der Waals surface area contributed by atoms with Crippen LogP contribution in [0.1, 0.15) is 31.9 Å². The summed E-state index contributed by atoms with van der Waals surface area (Å²) < 4.78 is 0. The van der Waals surface area contributed by atoms with Crippen LogP contribution in [0.25, 0.3) is 0 Å². The molecule has 0 aromatic heterocycles. The van der Waals surface area contributed by atoms with Gasteiger partial charge in [0.05, 0.1) is 5.60 Å². The summed E-state index contributed by atoms with van der Waals surface area (Å²) in [7, 11) is 0. The van der Waals surface area contributed by atoms with Gasteiger partial charge in [0.15, 0.2) is 0 Å². The van der Waals surface area contributed by atoms with Gasteiger partial charge in [-0.3, -0.25) is 0 Å². The van der Waals surface area contributed by atoms with E-state index in [0.29, 0.717) is 13.1 Å². The average molecular weight is 219 g/mol. The molecule has 1 aliphatic rings. The molecule has 2 rings (SSSR count). The lowest BCUT2D eigenvalue weighted by Crippen LogP contribution is -2.60. The van der Waals surface area contributed by atoms with Gasteiger partial charge in [-0.05, 0) is 16.5 Å². The monoisotopic (exact) mass is 219 g/mol. The number of nitrogens with one attached hydrogen (secondary N) is 1. The highest BCUT2D eigenvalue weighted by molar-refractivity contribution is 5.30. The van der Waals surface area contributed by atoms with Gasteiger partial charge in [0.2, 0.25) is 0 Å². The second-order valence-corrected chi connectivity index (χ2v) is 5.96. The van der Waals surface area contributed by atoms with E-state index in [0.717, 1.165) is 6.42 Å². The summed E-state index contributed by atoms with van der Waals surface area (Å²) in [4.78, 5) is 0. The molecule has 1 aromatic rings. The minimum absolute atomic E-state index is 0.177. The van der Waals surface area contributed by atoms with Crippen molar-refractivity contribution in [2.45, 2.75) is 38.2 Å². The highest BCUT2D eigenvalue weighted by Gasteiger charge is 2.34. The standard InChI is InChI=1S/C14H21NO/c1-13(2,3)12-6-4-5-11(7-12)8-14(16)9-15-10-14/h4-7,15-16H,8-10H2,1-3H3. The van der Waals surface area contributed by atoms with Crippen molar-refractivity contribution in [3.05, 3.63) is 35.4 Å². The van der Waals surface area contributed by atoms with Crippen molar-refractivity contribution in [2.75, 3.05) is 13.1 Å². The smallest absolute Gasteiger partial charge is 0.0935 e. The van der Waals surface area contributed by atoms with Crippen molar-refractivity contribution in [2.24, 2.45) is 0 Å². The first-order valence-corrected chi connectivity index (χ1v) is 5.92. The molecule has 2 nitrogen and oxygen atoms in total. The van der Waals surface area contributed by atoms with Crippen LogP contribution in [0.3, 0.4) is 0 Å². The lowest BCUT2D eigenvalue weighted by Gasteiger charge is -2.38. The Bertz CT molecular complexity index is 375. The number of β-amino-alcohol motifs (C(OH)–C–C–N with tert-alkyl or cyclic N) is 1. The van der Waals surface area contributed by atoms with E-state index in [-0.39, 0.29) is 5.41 Å². The predicted octanol–water partition coefficient (Wildman–Crippen LogP) is 1.86. The summed E-state index contributed by atoms with van der Waals surface area (Å²) in [6, 6.07) is 8.57. The largest absolute Gasteiger partial charge is 0.387 e. The van der Waals surface area contributed by atoms with Crippen molar-refractivity contribution in [3.8, 4) is 0 Å². The van der Waals surface area contributed by atoms with E-state index in [2.05, 4.69) is 50.4 Å². The third-order valence-corrected chi connectivity index (χ3v) is 3.23. The first-order chi connectivity index (χ1) is 7.39. The van der Waals surface area contributed by atoms with Crippen LogP contribution in [0.2, 0.25) is 0 Å². The summed E-state index contributed by atoms with van der Waals surface area (Å²) >= 11 is 0. The van der Waals surface area contributed by atoms with Gasteiger partial charge in [-0.15, -0.1) is 0 Å². The topological polar surface area (TPSA) is 32.3 Å². The third-order valence-electron chi connectivity index (χ3n) is 3.23. The Morgan fingerprint density at radius 2 is 2.00 bits per heavy atom. The molecule has 2 heteroatoms. The van der Waals surface area contributed by atoms with Crippen LogP contribution in [-0.2, 0) is 11.8 Å². The molecule has 1 fully saturated rings. The van der Waals surface area contributed by atoms with Crippen LogP contribution in [0.15, 0.2) is 24.3 Å². The number of hydrogen-bond donors (Lipinski definition) is 2. The molecule has 1 aliphatic heterocycles. The van der Waals surface area contributed by atoms with Crippen LogP contribution in [0, 0.1) is 0 Å². The van der Waals surface area contributed by atoms with Gasteiger partial charge in [0.25, 0.3) is 0 Å². The summed E-state index contributed by atoms with van der Waals surface area (Å²) in [5.74, 6) is 0. The number of aliphatic hydroxyl groups is 1. The van der Waals surface area contributed by atoms with E-state index in [4.69, 9.17) is 0 Å². The summed E-state index contributed by atoms with van der Waals surface area (Å²) in [5, 5.41) is 13.2. The number of hydrogen-bond acceptors (Lipinski definition) is 2. The maximum Gasteiger partial charge on any atom is 0.0935 e. The Balaban J connectivity index is 2.16. The van der Waals surface area contributed by atoms with Crippen LogP contribution in [0.4, 0.5) is 0 Å². The maximum absolute atomic E-state index is 10.1. The summed E-state index contributed by atoms with van der Waals surface area (Å²) in [6.45, 7) is 8.07. The molecule has 0 bridgehead atoms. The van der Waals surface area contributed by atoms with Gasteiger partial charge in [-0.1, -0.05) is 45.0 Å². The molecular formula is C14H21NO. The lowest BCUT2D eigenvalue weighted by molar-refractivity contribution is -0.00904. The fourth-order valence-corrected chi connectivity index (χ4v) is 2.07. The van der Waals surface area contributed by atoms with E-state index >= 15 is 0 Å². The highest BCUT2D eigenvalue weighted by atomic mass is 16.3. The van der Waals surface area contributed by atoms with E-state index in [1.165, 1.54) is 11.1 Å². The van der Waals surface area contributed by atoms with Crippen molar-refractivity contribution >= 4 is 0 Å². The van der Waals surface area contributed by atoms with Crippen LogP contribution in [-0.4, -0.2) is 23.8 Å². The fourth-order valence-electron chi connectivity index (χ4n) is 2.07.